The Morgan fingerprint density at radius 1 is 1.37 bits per heavy atom. The Kier molecular flexibility index (Phi) is 5.55. The zero-order chi connectivity index (χ0) is 19.8. The van der Waals surface area contributed by atoms with Gasteiger partial charge in [0.15, 0.2) is 0 Å². The Morgan fingerprint density at radius 2 is 2.11 bits per heavy atom. The maximum atomic E-state index is 13.6. The van der Waals surface area contributed by atoms with Crippen LogP contribution in [0.1, 0.15) is 11.3 Å². The van der Waals surface area contributed by atoms with E-state index < -0.39 is 10.0 Å². The third kappa shape index (κ3) is 4.31. The highest BCUT2D eigenvalue weighted by molar-refractivity contribution is 7.89. The van der Waals surface area contributed by atoms with Gasteiger partial charge in [-0.05, 0) is 30.7 Å². The number of nitrogens with zero attached hydrogens (tertiary/aromatic N) is 1. The molecule has 9 heteroatoms. The van der Waals surface area contributed by atoms with Gasteiger partial charge in [0.2, 0.25) is 15.9 Å². The van der Waals surface area contributed by atoms with Crippen LogP contribution < -0.4 is 5.32 Å². The van der Waals surface area contributed by atoms with Crippen LogP contribution in [0, 0.1) is 18.7 Å². The summed E-state index contributed by atoms with van der Waals surface area (Å²) in [4.78, 5) is 15.7. The fourth-order valence-corrected chi connectivity index (χ4v) is 4.51. The Bertz CT molecular complexity index is 955. The van der Waals surface area contributed by atoms with Crippen molar-refractivity contribution in [2.75, 3.05) is 33.1 Å². The number of hydrogen-bond donors (Lipinski definition) is 2. The van der Waals surface area contributed by atoms with E-state index in [1.165, 1.54) is 30.5 Å². The van der Waals surface area contributed by atoms with E-state index in [-0.39, 0.29) is 49.1 Å². The Morgan fingerprint density at radius 3 is 2.81 bits per heavy atom. The van der Waals surface area contributed by atoms with Crippen LogP contribution >= 0.6 is 0 Å². The van der Waals surface area contributed by atoms with E-state index in [0.29, 0.717) is 5.39 Å². The van der Waals surface area contributed by atoms with E-state index in [1.54, 1.807) is 6.07 Å². The predicted molar refractivity (Wildman–Crippen MR) is 100 cm³/mol. The first-order valence-electron chi connectivity index (χ1n) is 8.71. The number of amides is 1. The average Bonchev–Trinajstić information content (AvgIpc) is 3.12. The van der Waals surface area contributed by atoms with Crippen LogP contribution in [-0.2, 0) is 26.0 Å². The molecule has 1 fully saturated rings. The maximum absolute atomic E-state index is 13.6. The van der Waals surface area contributed by atoms with Gasteiger partial charge in [-0.25, -0.2) is 17.1 Å². The lowest BCUT2D eigenvalue weighted by Gasteiger charge is -2.21. The minimum absolute atomic E-state index is 0.0811. The Labute approximate surface area is 157 Å². The summed E-state index contributed by atoms with van der Waals surface area (Å²) in [5, 5.41) is 3.56. The first-order valence-corrected chi connectivity index (χ1v) is 10.3. The highest BCUT2D eigenvalue weighted by atomic mass is 32.2. The first kappa shape index (κ1) is 19.8. The Hall–Kier alpha value is -1.97. The normalized spacial score (nSPS) is 20.5. The molecular weight excluding hydrogens is 373 g/mol. The molecule has 2 atom stereocenters. The third-order valence-electron chi connectivity index (χ3n) is 4.94. The number of nitrogens with one attached hydrogen (secondary N) is 2. The average molecular weight is 397 g/mol. The molecule has 2 aromatic rings. The van der Waals surface area contributed by atoms with Gasteiger partial charge in [-0.2, -0.15) is 0 Å². The summed E-state index contributed by atoms with van der Waals surface area (Å²) < 4.78 is 44.4. The van der Waals surface area contributed by atoms with Crippen LogP contribution in [0.4, 0.5) is 4.39 Å². The number of carbonyl (C=O) groups is 1. The molecule has 0 spiro atoms. The Balaban J connectivity index is 1.71. The molecule has 1 saturated heterocycles. The largest absolute Gasteiger partial charge is 0.379 e. The molecule has 2 N–H and O–H groups in total. The molecule has 1 aliphatic rings. The predicted octanol–water partition coefficient (Wildman–Crippen LogP) is 1.18. The monoisotopic (exact) mass is 397 g/mol. The lowest BCUT2D eigenvalue weighted by molar-refractivity contribution is -0.121. The number of halogens is 1. The molecule has 0 aliphatic carbocycles. The number of aryl methyl sites for hydroxylation is 1. The van der Waals surface area contributed by atoms with Gasteiger partial charge in [-0.1, -0.05) is 0 Å². The van der Waals surface area contributed by atoms with Crippen molar-refractivity contribution in [1.29, 1.82) is 0 Å². The molecule has 1 aromatic heterocycles. The van der Waals surface area contributed by atoms with Crippen molar-refractivity contribution < 1.29 is 22.3 Å². The highest BCUT2D eigenvalue weighted by Crippen LogP contribution is 2.24. The maximum Gasteiger partial charge on any atom is 0.224 e. The molecule has 7 nitrogen and oxygen atoms in total. The van der Waals surface area contributed by atoms with E-state index in [2.05, 4.69) is 10.3 Å². The summed E-state index contributed by atoms with van der Waals surface area (Å²) in [5.41, 5.74) is 2.31. The SMILES string of the molecule is Cc1[nH]c2ccc(F)cc2c1CC(=O)N[C@@H]1COC[C@H]1CS(=O)(=O)N(C)C. The molecule has 0 unspecified atom stereocenters. The van der Waals surface area contributed by atoms with E-state index >= 15 is 0 Å². The van der Waals surface area contributed by atoms with Crippen molar-refractivity contribution >= 4 is 26.8 Å². The molecule has 148 valence electrons. The van der Waals surface area contributed by atoms with Gasteiger partial charge < -0.3 is 15.0 Å². The number of hydrogen-bond acceptors (Lipinski definition) is 4. The van der Waals surface area contributed by atoms with Crippen molar-refractivity contribution in [1.82, 2.24) is 14.6 Å². The van der Waals surface area contributed by atoms with Gasteiger partial charge in [0, 0.05) is 36.6 Å². The van der Waals surface area contributed by atoms with Gasteiger partial charge in [-0.3, -0.25) is 4.79 Å². The molecule has 0 radical (unpaired) electrons. The smallest absolute Gasteiger partial charge is 0.224 e. The van der Waals surface area contributed by atoms with Crippen molar-refractivity contribution in [3.8, 4) is 0 Å². The third-order valence-corrected chi connectivity index (χ3v) is 6.91. The van der Waals surface area contributed by atoms with Crippen LogP contribution in [0.2, 0.25) is 0 Å². The molecule has 0 bridgehead atoms. The summed E-state index contributed by atoms with van der Waals surface area (Å²) in [6.07, 6.45) is 0.0823. The van der Waals surface area contributed by atoms with Crippen LogP contribution in [0.5, 0.6) is 0 Å². The highest BCUT2D eigenvalue weighted by Gasteiger charge is 2.34. The van der Waals surface area contributed by atoms with Gasteiger partial charge >= 0.3 is 0 Å². The molecule has 2 heterocycles. The lowest BCUT2D eigenvalue weighted by atomic mass is 10.0. The quantitative estimate of drug-likeness (QED) is 0.766. The summed E-state index contributed by atoms with van der Waals surface area (Å²) in [7, 11) is -0.418. The number of rotatable bonds is 6. The van der Waals surface area contributed by atoms with Gasteiger partial charge in [0.05, 0.1) is 31.4 Å². The van der Waals surface area contributed by atoms with Crippen molar-refractivity contribution in [2.45, 2.75) is 19.4 Å². The molecule has 1 amide bonds. The van der Waals surface area contributed by atoms with Gasteiger partial charge in [0.25, 0.3) is 0 Å². The zero-order valence-electron chi connectivity index (χ0n) is 15.6. The van der Waals surface area contributed by atoms with E-state index in [1.807, 2.05) is 6.92 Å². The molecule has 1 aliphatic heterocycles. The summed E-state index contributed by atoms with van der Waals surface area (Å²) in [6.45, 7) is 2.40. The number of fused-ring (bicyclic) bond motifs is 1. The molecule has 27 heavy (non-hydrogen) atoms. The number of sulfonamides is 1. The van der Waals surface area contributed by atoms with Crippen LogP contribution in [-0.4, -0.2) is 62.7 Å². The van der Waals surface area contributed by atoms with Crippen LogP contribution in [0.15, 0.2) is 18.2 Å². The second kappa shape index (κ2) is 7.57. The second-order valence-corrected chi connectivity index (χ2v) is 9.36. The number of aromatic nitrogens is 1. The molecule has 0 saturated carbocycles. The van der Waals surface area contributed by atoms with Crippen LogP contribution in [0.25, 0.3) is 10.9 Å². The van der Waals surface area contributed by atoms with Crippen LogP contribution in [0.3, 0.4) is 0 Å². The van der Waals surface area contributed by atoms with Crippen molar-refractivity contribution in [3.63, 3.8) is 0 Å². The number of ether oxygens (including phenoxy) is 1. The van der Waals surface area contributed by atoms with Gasteiger partial charge in [0.1, 0.15) is 5.82 Å². The fraction of sp³-hybridized carbons (Fsp3) is 0.500. The van der Waals surface area contributed by atoms with Gasteiger partial charge in [-0.15, -0.1) is 0 Å². The molecule has 3 rings (SSSR count). The van der Waals surface area contributed by atoms with Crippen molar-refractivity contribution in [2.24, 2.45) is 5.92 Å². The molecular formula is C18H24FN3O4S. The number of aromatic amines is 1. The standard InChI is InChI=1S/C18H24FN3O4S/c1-11-14(15-6-13(19)4-5-16(15)20-11)7-18(23)21-17-9-26-8-12(17)10-27(24,25)22(2)3/h4-6,12,17,20H,7-10H2,1-3H3,(H,21,23)/t12-,17+/m0/s1. The minimum Gasteiger partial charge on any atom is -0.379 e. The number of carbonyl (C=O) groups excluding carboxylic acids is 1. The fourth-order valence-electron chi connectivity index (χ4n) is 3.34. The second-order valence-electron chi connectivity index (χ2n) is 7.13. The number of benzene rings is 1. The minimum atomic E-state index is -3.39. The summed E-state index contributed by atoms with van der Waals surface area (Å²) >= 11 is 0. The number of H-pyrrole nitrogens is 1. The van der Waals surface area contributed by atoms with E-state index in [0.717, 1.165) is 16.8 Å². The zero-order valence-corrected chi connectivity index (χ0v) is 16.4. The summed E-state index contributed by atoms with van der Waals surface area (Å²) in [6, 6.07) is 4.06. The molecule has 1 aromatic carbocycles. The first-order chi connectivity index (χ1) is 12.7. The topological polar surface area (TPSA) is 91.5 Å². The lowest BCUT2D eigenvalue weighted by Crippen LogP contribution is -2.44. The van der Waals surface area contributed by atoms with E-state index in [4.69, 9.17) is 4.74 Å². The summed E-state index contributed by atoms with van der Waals surface area (Å²) in [5.74, 6) is -0.988. The van der Waals surface area contributed by atoms with E-state index in [9.17, 15) is 17.6 Å². The van der Waals surface area contributed by atoms with Crippen molar-refractivity contribution in [3.05, 3.63) is 35.3 Å².